The van der Waals surface area contributed by atoms with Crippen molar-refractivity contribution in [2.75, 3.05) is 0 Å². The molecule has 0 saturated heterocycles. The van der Waals surface area contributed by atoms with Gasteiger partial charge in [0, 0.05) is 12.4 Å². The Morgan fingerprint density at radius 3 is 2.33 bits per heavy atom. The smallest absolute Gasteiger partial charge is 0.335 e. The second-order valence-corrected chi connectivity index (χ2v) is 3.87. The highest BCUT2D eigenvalue weighted by atomic mass is 16.5. The largest absolute Gasteiger partial charge is 0.486 e. The number of aromatic carboxylic acids is 1. The highest BCUT2D eigenvalue weighted by molar-refractivity contribution is 5.87. The molecule has 2 aromatic rings. The summed E-state index contributed by atoms with van der Waals surface area (Å²) in [7, 11) is 0. The number of pyridine rings is 1. The minimum atomic E-state index is -0.927. The van der Waals surface area contributed by atoms with Crippen LogP contribution in [0, 0.1) is 0 Å². The van der Waals surface area contributed by atoms with Crippen LogP contribution in [0.25, 0.3) is 0 Å². The van der Waals surface area contributed by atoms with Crippen LogP contribution in [0.3, 0.4) is 0 Å². The standard InChI is InChI=1S/C14H13NO3/c1-10(18-13-6-8-15-9-7-13)11-2-4-12(5-3-11)14(16)17/h2-10H,1H3,(H,16,17). The Hall–Kier alpha value is -2.36. The normalized spacial score (nSPS) is 11.8. The van der Waals surface area contributed by atoms with Gasteiger partial charge in [-0.3, -0.25) is 4.98 Å². The number of rotatable bonds is 4. The molecule has 0 saturated carbocycles. The van der Waals surface area contributed by atoms with Crippen molar-refractivity contribution in [1.29, 1.82) is 0 Å². The zero-order valence-electron chi connectivity index (χ0n) is 9.91. The summed E-state index contributed by atoms with van der Waals surface area (Å²) < 4.78 is 5.71. The van der Waals surface area contributed by atoms with E-state index in [1.165, 1.54) is 0 Å². The molecule has 92 valence electrons. The summed E-state index contributed by atoms with van der Waals surface area (Å²) in [5, 5.41) is 8.81. The van der Waals surface area contributed by atoms with Crippen LogP contribution in [0.2, 0.25) is 0 Å². The number of aromatic nitrogens is 1. The van der Waals surface area contributed by atoms with Gasteiger partial charge in [0.15, 0.2) is 0 Å². The minimum Gasteiger partial charge on any atom is -0.486 e. The Morgan fingerprint density at radius 2 is 1.78 bits per heavy atom. The molecule has 1 unspecified atom stereocenters. The third-order valence-electron chi connectivity index (χ3n) is 2.59. The Labute approximate surface area is 105 Å². The maximum absolute atomic E-state index is 10.7. The molecule has 0 amide bonds. The van der Waals surface area contributed by atoms with Gasteiger partial charge >= 0.3 is 5.97 Å². The van der Waals surface area contributed by atoms with E-state index in [1.807, 2.05) is 6.92 Å². The zero-order chi connectivity index (χ0) is 13.0. The van der Waals surface area contributed by atoms with Crippen LogP contribution in [0.15, 0.2) is 48.8 Å². The lowest BCUT2D eigenvalue weighted by molar-refractivity contribution is 0.0696. The predicted octanol–water partition coefficient (Wildman–Crippen LogP) is 2.92. The highest BCUT2D eigenvalue weighted by Gasteiger charge is 2.08. The monoisotopic (exact) mass is 243 g/mol. The van der Waals surface area contributed by atoms with Crippen LogP contribution < -0.4 is 4.74 Å². The fourth-order valence-electron chi connectivity index (χ4n) is 1.59. The van der Waals surface area contributed by atoms with Gasteiger partial charge < -0.3 is 9.84 Å². The third kappa shape index (κ3) is 2.85. The van der Waals surface area contributed by atoms with Crippen molar-refractivity contribution in [3.63, 3.8) is 0 Å². The minimum absolute atomic E-state index is 0.143. The Kier molecular flexibility index (Phi) is 3.57. The number of hydrogen-bond donors (Lipinski definition) is 1. The molecular formula is C14H13NO3. The van der Waals surface area contributed by atoms with Crippen molar-refractivity contribution in [3.05, 3.63) is 59.9 Å². The number of carboxylic acids is 1. The van der Waals surface area contributed by atoms with Crippen molar-refractivity contribution >= 4 is 5.97 Å². The summed E-state index contributed by atoms with van der Waals surface area (Å²) in [4.78, 5) is 14.6. The van der Waals surface area contributed by atoms with E-state index in [1.54, 1.807) is 48.8 Å². The highest BCUT2D eigenvalue weighted by Crippen LogP contribution is 2.21. The maximum atomic E-state index is 10.7. The molecule has 4 nitrogen and oxygen atoms in total. The lowest BCUT2D eigenvalue weighted by atomic mass is 10.1. The van der Waals surface area contributed by atoms with Gasteiger partial charge in [0.2, 0.25) is 0 Å². The molecule has 4 heteroatoms. The molecule has 1 heterocycles. The van der Waals surface area contributed by atoms with Gasteiger partial charge in [0.25, 0.3) is 0 Å². The van der Waals surface area contributed by atoms with E-state index in [9.17, 15) is 4.79 Å². The topological polar surface area (TPSA) is 59.4 Å². The number of nitrogens with zero attached hydrogens (tertiary/aromatic N) is 1. The molecule has 0 spiro atoms. The van der Waals surface area contributed by atoms with Gasteiger partial charge in [0.05, 0.1) is 5.56 Å². The summed E-state index contributed by atoms with van der Waals surface area (Å²) in [6.07, 6.45) is 3.18. The predicted molar refractivity (Wildman–Crippen MR) is 66.7 cm³/mol. The quantitative estimate of drug-likeness (QED) is 0.896. The number of benzene rings is 1. The summed E-state index contributed by atoms with van der Waals surface area (Å²) in [5.74, 6) is -0.191. The number of ether oxygens (including phenoxy) is 1. The van der Waals surface area contributed by atoms with E-state index in [0.717, 1.165) is 11.3 Å². The Morgan fingerprint density at radius 1 is 1.17 bits per heavy atom. The fourth-order valence-corrected chi connectivity index (χ4v) is 1.59. The van der Waals surface area contributed by atoms with Crippen molar-refractivity contribution in [2.45, 2.75) is 13.0 Å². The molecule has 0 bridgehead atoms. The van der Waals surface area contributed by atoms with Crippen LogP contribution in [0.4, 0.5) is 0 Å². The van der Waals surface area contributed by atoms with E-state index in [2.05, 4.69) is 4.98 Å². The second kappa shape index (κ2) is 5.31. The number of carboxylic acid groups (broad SMARTS) is 1. The molecule has 0 aliphatic carbocycles. The summed E-state index contributed by atoms with van der Waals surface area (Å²) >= 11 is 0. The first-order chi connectivity index (χ1) is 8.66. The third-order valence-corrected chi connectivity index (χ3v) is 2.59. The molecule has 18 heavy (non-hydrogen) atoms. The van der Waals surface area contributed by atoms with E-state index in [-0.39, 0.29) is 11.7 Å². The van der Waals surface area contributed by atoms with Gasteiger partial charge in [-0.05, 0) is 36.8 Å². The van der Waals surface area contributed by atoms with Crippen LogP contribution in [0.1, 0.15) is 28.9 Å². The van der Waals surface area contributed by atoms with Crippen molar-refractivity contribution < 1.29 is 14.6 Å². The summed E-state index contributed by atoms with van der Waals surface area (Å²) in [6, 6.07) is 10.2. The zero-order valence-corrected chi connectivity index (χ0v) is 9.91. The Balaban J connectivity index is 2.09. The molecule has 0 radical (unpaired) electrons. The van der Waals surface area contributed by atoms with Crippen LogP contribution in [0.5, 0.6) is 5.75 Å². The SMILES string of the molecule is CC(Oc1ccncc1)c1ccc(C(=O)O)cc1. The number of hydrogen-bond acceptors (Lipinski definition) is 3. The second-order valence-electron chi connectivity index (χ2n) is 3.87. The van der Waals surface area contributed by atoms with Gasteiger partial charge in [-0.25, -0.2) is 4.79 Å². The van der Waals surface area contributed by atoms with Gasteiger partial charge in [-0.2, -0.15) is 0 Å². The molecular weight excluding hydrogens is 230 g/mol. The maximum Gasteiger partial charge on any atom is 0.335 e. The Bertz CT molecular complexity index is 522. The molecule has 0 aliphatic heterocycles. The summed E-state index contributed by atoms with van der Waals surface area (Å²) in [5.41, 5.74) is 1.20. The van der Waals surface area contributed by atoms with Gasteiger partial charge in [-0.15, -0.1) is 0 Å². The first kappa shape index (κ1) is 12.1. The first-order valence-electron chi connectivity index (χ1n) is 5.57. The van der Waals surface area contributed by atoms with Gasteiger partial charge in [0.1, 0.15) is 11.9 Å². The lowest BCUT2D eigenvalue weighted by Gasteiger charge is -2.14. The van der Waals surface area contributed by atoms with E-state index < -0.39 is 5.97 Å². The fraction of sp³-hybridized carbons (Fsp3) is 0.143. The lowest BCUT2D eigenvalue weighted by Crippen LogP contribution is -2.04. The molecule has 1 atom stereocenters. The van der Waals surface area contributed by atoms with E-state index >= 15 is 0 Å². The average Bonchev–Trinajstić information content (AvgIpc) is 2.40. The number of carbonyl (C=O) groups is 1. The van der Waals surface area contributed by atoms with Crippen molar-refractivity contribution in [1.82, 2.24) is 4.98 Å². The summed E-state index contributed by atoms with van der Waals surface area (Å²) in [6.45, 7) is 1.91. The first-order valence-corrected chi connectivity index (χ1v) is 5.57. The molecule has 1 aromatic heterocycles. The molecule has 2 rings (SSSR count). The van der Waals surface area contributed by atoms with Crippen LogP contribution in [-0.4, -0.2) is 16.1 Å². The van der Waals surface area contributed by atoms with E-state index in [4.69, 9.17) is 9.84 Å². The average molecular weight is 243 g/mol. The van der Waals surface area contributed by atoms with Crippen LogP contribution >= 0.6 is 0 Å². The van der Waals surface area contributed by atoms with Crippen LogP contribution in [-0.2, 0) is 0 Å². The molecule has 1 aromatic carbocycles. The molecule has 1 N–H and O–H groups in total. The van der Waals surface area contributed by atoms with Gasteiger partial charge in [-0.1, -0.05) is 12.1 Å². The molecule has 0 fully saturated rings. The molecule has 0 aliphatic rings. The van der Waals surface area contributed by atoms with Crippen molar-refractivity contribution in [2.24, 2.45) is 0 Å². The van der Waals surface area contributed by atoms with E-state index in [0.29, 0.717) is 0 Å². The van der Waals surface area contributed by atoms with Crippen molar-refractivity contribution in [3.8, 4) is 5.75 Å².